The minimum atomic E-state index is -0.368. The van der Waals surface area contributed by atoms with Gasteiger partial charge in [-0.2, -0.15) is 4.57 Å². The molecule has 10 heteroatoms. The Balaban J connectivity index is 0.00000228. The van der Waals surface area contributed by atoms with Crippen LogP contribution in [0.1, 0.15) is 47.7 Å². The van der Waals surface area contributed by atoms with Crippen molar-refractivity contribution in [1.29, 1.82) is 0 Å². The SMILES string of the molecule is Cc1ncc(C[n+]2c(C(=O)c3ccccc3)sc(CCOC(=O)c3ccccc3)c2C)c(N)n1.Cl.[Cl-]. The predicted octanol–water partition coefficient (Wildman–Crippen LogP) is 1.13. The van der Waals surface area contributed by atoms with Gasteiger partial charge in [0.2, 0.25) is 0 Å². The molecule has 7 nitrogen and oxygen atoms in total. The first-order chi connectivity index (χ1) is 16.4. The van der Waals surface area contributed by atoms with Gasteiger partial charge in [-0.25, -0.2) is 14.8 Å². The molecule has 2 heterocycles. The molecule has 2 aromatic carbocycles. The molecular weight excluding hydrogens is 519 g/mol. The lowest BCUT2D eigenvalue weighted by atomic mass is 10.1. The van der Waals surface area contributed by atoms with Crippen LogP contribution >= 0.6 is 23.7 Å². The molecule has 0 unspecified atom stereocenters. The topological polar surface area (TPSA) is 99.1 Å². The first-order valence-corrected chi connectivity index (χ1v) is 11.7. The van der Waals surface area contributed by atoms with Gasteiger partial charge in [-0.15, -0.1) is 12.4 Å². The molecule has 0 aliphatic rings. The fourth-order valence-electron chi connectivity index (χ4n) is 3.55. The summed E-state index contributed by atoms with van der Waals surface area (Å²) in [5, 5.41) is 0.577. The van der Waals surface area contributed by atoms with Crippen molar-refractivity contribution in [3.8, 4) is 0 Å². The van der Waals surface area contributed by atoms with Crippen molar-refractivity contribution in [2.75, 3.05) is 12.3 Å². The number of ketones is 1. The van der Waals surface area contributed by atoms with Gasteiger partial charge in [0.25, 0.3) is 5.78 Å². The standard InChI is InChI=1S/C26H25N4O3S.2ClH/c1-17-22(13-14-33-26(32)20-11-7-4-8-12-20)34-25(23(31)19-9-5-3-6-10-19)30(17)16-21-15-28-18(2)29-24(21)27;;/h3-12,15H,13-14,16H2,1-2H3,(H2,27,28,29);2*1H/q+1;;/p-1. The molecule has 0 saturated carbocycles. The smallest absolute Gasteiger partial charge is 0.338 e. The maximum absolute atomic E-state index is 13.4. The Hall–Kier alpha value is -3.33. The quantitative estimate of drug-likeness (QED) is 0.203. The summed E-state index contributed by atoms with van der Waals surface area (Å²) in [4.78, 5) is 35.1. The monoisotopic (exact) mass is 544 g/mol. The summed E-state index contributed by atoms with van der Waals surface area (Å²) in [7, 11) is 0. The molecule has 2 N–H and O–H groups in total. The summed E-state index contributed by atoms with van der Waals surface area (Å²) in [6, 6.07) is 18.0. The van der Waals surface area contributed by atoms with Crippen molar-refractivity contribution in [1.82, 2.24) is 9.97 Å². The lowest BCUT2D eigenvalue weighted by molar-refractivity contribution is -0.691. The number of nitrogens with zero attached hydrogens (tertiary/aromatic N) is 3. The highest BCUT2D eigenvalue weighted by molar-refractivity contribution is 7.13. The summed E-state index contributed by atoms with van der Waals surface area (Å²) in [5.74, 6) is 0.539. The van der Waals surface area contributed by atoms with Crippen molar-refractivity contribution in [3.05, 3.63) is 105 Å². The lowest BCUT2D eigenvalue weighted by Gasteiger charge is -2.05. The Morgan fingerprint density at radius 3 is 2.22 bits per heavy atom. The maximum atomic E-state index is 13.4. The third kappa shape index (κ3) is 6.66. The first-order valence-electron chi connectivity index (χ1n) is 10.9. The highest BCUT2D eigenvalue weighted by atomic mass is 35.5. The molecule has 0 atom stereocenters. The van der Waals surface area contributed by atoms with E-state index in [1.807, 2.05) is 35.8 Å². The maximum Gasteiger partial charge on any atom is 0.338 e. The van der Waals surface area contributed by atoms with Crippen LogP contribution in [-0.2, 0) is 17.7 Å². The number of carbonyl (C=O) groups is 2. The number of nitrogen functional groups attached to an aromatic ring is 1. The van der Waals surface area contributed by atoms with E-state index < -0.39 is 0 Å². The molecule has 0 fully saturated rings. The van der Waals surface area contributed by atoms with Crippen molar-refractivity contribution < 1.29 is 31.3 Å². The van der Waals surface area contributed by atoms with Crippen LogP contribution in [0.15, 0.2) is 66.9 Å². The summed E-state index contributed by atoms with van der Waals surface area (Å²) in [6.07, 6.45) is 2.19. The Morgan fingerprint density at radius 2 is 1.61 bits per heavy atom. The molecule has 4 aromatic rings. The van der Waals surface area contributed by atoms with Gasteiger partial charge >= 0.3 is 11.0 Å². The van der Waals surface area contributed by atoms with Crippen LogP contribution in [0.4, 0.5) is 5.82 Å². The largest absolute Gasteiger partial charge is 1.00 e. The number of benzene rings is 2. The number of rotatable bonds is 8. The summed E-state index contributed by atoms with van der Waals surface area (Å²) >= 11 is 1.41. The van der Waals surface area contributed by atoms with Crippen LogP contribution < -0.4 is 22.7 Å². The second-order valence-corrected chi connectivity index (χ2v) is 8.86. The minimum Gasteiger partial charge on any atom is -1.00 e. The number of hydrogen-bond acceptors (Lipinski definition) is 7. The van der Waals surface area contributed by atoms with Gasteiger partial charge in [0.15, 0.2) is 12.2 Å². The molecule has 0 aliphatic carbocycles. The first kappa shape index (κ1) is 28.9. The van der Waals surface area contributed by atoms with Crippen molar-refractivity contribution in [2.45, 2.75) is 26.8 Å². The molecule has 188 valence electrons. The van der Waals surface area contributed by atoms with Crippen LogP contribution in [0.3, 0.4) is 0 Å². The van der Waals surface area contributed by atoms with E-state index in [0.29, 0.717) is 40.7 Å². The molecule has 0 saturated heterocycles. The molecule has 0 spiro atoms. The molecular formula is C26H26Cl2N4O3S. The number of anilines is 1. The number of thiazole rings is 1. The molecule has 36 heavy (non-hydrogen) atoms. The van der Waals surface area contributed by atoms with E-state index in [-0.39, 0.29) is 43.2 Å². The van der Waals surface area contributed by atoms with E-state index in [4.69, 9.17) is 10.5 Å². The predicted molar refractivity (Wildman–Crippen MR) is 137 cm³/mol. The van der Waals surface area contributed by atoms with Gasteiger partial charge in [-0.3, -0.25) is 4.79 Å². The molecule has 0 amide bonds. The Kier molecular flexibility index (Phi) is 10.5. The third-order valence-electron chi connectivity index (χ3n) is 5.42. The van der Waals surface area contributed by atoms with Gasteiger partial charge in [0.1, 0.15) is 11.6 Å². The normalized spacial score (nSPS) is 10.2. The van der Waals surface area contributed by atoms with Crippen molar-refractivity contribution >= 4 is 41.3 Å². The average Bonchev–Trinajstić information content (AvgIpc) is 3.16. The fraction of sp³-hybridized carbons (Fsp3) is 0.192. The van der Waals surface area contributed by atoms with E-state index in [2.05, 4.69) is 9.97 Å². The van der Waals surface area contributed by atoms with E-state index in [9.17, 15) is 9.59 Å². The molecule has 4 rings (SSSR count). The number of carbonyl (C=O) groups excluding carboxylic acids is 2. The average molecular weight is 545 g/mol. The van der Waals surface area contributed by atoms with Gasteiger partial charge in [0.05, 0.1) is 22.6 Å². The van der Waals surface area contributed by atoms with Crippen LogP contribution in [0.25, 0.3) is 0 Å². The Labute approximate surface area is 226 Å². The van der Waals surface area contributed by atoms with Gasteiger partial charge in [0, 0.05) is 25.1 Å². The molecule has 0 radical (unpaired) electrons. The number of nitrogens with two attached hydrogens (primary N) is 1. The minimum absolute atomic E-state index is 0. The van der Waals surface area contributed by atoms with E-state index >= 15 is 0 Å². The summed E-state index contributed by atoms with van der Waals surface area (Å²) in [6.45, 7) is 4.32. The highest BCUT2D eigenvalue weighted by Crippen LogP contribution is 2.22. The lowest BCUT2D eigenvalue weighted by Crippen LogP contribution is -3.00. The molecule has 0 aliphatic heterocycles. The van der Waals surface area contributed by atoms with Gasteiger partial charge in [-0.05, 0) is 19.1 Å². The summed E-state index contributed by atoms with van der Waals surface area (Å²) < 4.78 is 7.41. The van der Waals surface area contributed by atoms with Gasteiger partial charge < -0.3 is 22.9 Å². The van der Waals surface area contributed by atoms with E-state index in [1.54, 1.807) is 49.5 Å². The van der Waals surface area contributed by atoms with Gasteiger partial charge in [-0.1, -0.05) is 59.9 Å². The number of halogens is 2. The fourth-order valence-corrected chi connectivity index (χ4v) is 4.75. The number of hydrogen-bond donors (Lipinski definition) is 1. The second-order valence-electron chi connectivity index (χ2n) is 7.78. The number of aromatic nitrogens is 3. The van der Waals surface area contributed by atoms with Crippen molar-refractivity contribution in [2.24, 2.45) is 0 Å². The number of ether oxygens (including phenoxy) is 1. The number of aryl methyl sites for hydroxylation is 1. The third-order valence-corrected chi connectivity index (χ3v) is 6.77. The zero-order chi connectivity index (χ0) is 24.1. The number of esters is 1. The summed E-state index contributed by atoms with van der Waals surface area (Å²) in [5.41, 5.74) is 8.90. The van der Waals surface area contributed by atoms with E-state index in [0.717, 1.165) is 16.1 Å². The Bertz CT molecular complexity index is 1330. The molecule has 2 aromatic heterocycles. The van der Waals surface area contributed by atoms with Crippen molar-refractivity contribution in [3.63, 3.8) is 0 Å². The van der Waals surface area contributed by atoms with Crippen LogP contribution in [0.5, 0.6) is 0 Å². The highest BCUT2D eigenvalue weighted by Gasteiger charge is 2.30. The zero-order valence-electron chi connectivity index (χ0n) is 19.8. The van der Waals surface area contributed by atoms with Crippen LogP contribution in [0.2, 0.25) is 0 Å². The Morgan fingerprint density at radius 1 is 1.00 bits per heavy atom. The second kappa shape index (κ2) is 13.1. The van der Waals surface area contributed by atoms with E-state index in [1.165, 1.54) is 11.3 Å². The van der Waals surface area contributed by atoms with Crippen LogP contribution in [0, 0.1) is 13.8 Å². The zero-order valence-corrected chi connectivity index (χ0v) is 22.2. The molecule has 0 bridgehead atoms. The van der Waals surface area contributed by atoms with Crippen LogP contribution in [-0.4, -0.2) is 28.3 Å².